The van der Waals surface area contributed by atoms with Gasteiger partial charge in [0.25, 0.3) is 5.24 Å². The monoisotopic (exact) mass is 363 g/mol. The molecule has 134 valence electrons. The minimum Gasteiger partial charge on any atom is -0.497 e. The number of imide groups is 1. The van der Waals surface area contributed by atoms with Crippen LogP contribution in [0.1, 0.15) is 25.7 Å². The fraction of sp³-hybridized carbons (Fsp3) is 0.471. The van der Waals surface area contributed by atoms with E-state index >= 15 is 0 Å². The number of rotatable bonds is 4. The Balaban J connectivity index is 1.63. The number of thioether (sulfide) groups is 1. The van der Waals surface area contributed by atoms with Gasteiger partial charge in [-0.2, -0.15) is 0 Å². The van der Waals surface area contributed by atoms with Gasteiger partial charge in [0.2, 0.25) is 5.91 Å². The molecule has 1 aliphatic carbocycles. The van der Waals surface area contributed by atoms with Crippen LogP contribution in [0.25, 0.3) is 0 Å². The quantitative estimate of drug-likeness (QED) is 0.859. The van der Waals surface area contributed by atoms with Crippen molar-refractivity contribution < 1.29 is 19.1 Å². The molecule has 0 radical (unpaired) electrons. The maximum absolute atomic E-state index is 12.3. The number of anilines is 1. The van der Waals surface area contributed by atoms with Crippen LogP contribution in [0, 0.1) is 0 Å². The normalized spacial score (nSPS) is 23.5. The Kier molecular flexibility index (Phi) is 5.47. The average Bonchev–Trinajstić information content (AvgIpc) is 2.95. The molecular weight excluding hydrogens is 342 g/mol. The van der Waals surface area contributed by atoms with Crippen LogP contribution in [0.5, 0.6) is 5.75 Å². The van der Waals surface area contributed by atoms with Crippen molar-refractivity contribution in [1.82, 2.24) is 10.2 Å². The molecule has 1 saturated carbocycles. The molecule has 2 atom stereocenters. The van der Waals surface area contributed by atoms with E-state index in [1.54, 1.807) is 31.4 Å². The van der Waals surface area contributed by atoms with Gasteiger partial charge in [0, 0.05) is 5.69 Å². The van der Waals surface area contributed by atoms with E-state index in [-0.39, 0.29) is 35.0 Å². The number of hydrogen-bond acceptors (Lipinski definition) is 5. The van der Waals surface area contributed by atoms with E-state index in [9.17, 15) is 14.4 Å². The zero-order valence-corrected chi connectivity index (χ0v) is 14.8. The molecule has 2 unspecified atom stereocenters. The second kappa shape index (κ2) is 7.77. The summed E-state index contributed by atoms with van der Waals surface area (Å²) in [6.07, 6.45) is 3.39. The number of hydrogen-bond donors (Lipinski definition) is 2. The highest BCUT2D eigenvalue weighted by atomic mass is 32.2. The van der Waals surface area contributed by atoms with Crippen molar-refractivity contribution in [3.05, 3.63) is 24.3 Å². The van der Waals surface area contributed by atoms with E-state index in [0.717, 1.165) is 37.4 Å². The predicted octanol–water partition coefficient (Wildman–Crippen LogP) is 2.82. The molecule has 1 heterocycles. The molecular formula is C17H21N3O4S. The van der Waals surface area contributed by atoms with Gasteiger partial charge in [0.05, 0.1) is 24.9 Å². The summed E-state index contributed by atoms with van der Waals surface area (Å²) in [5, 5.41) is 5.49. The van der Waals surface area contributed by atoms with Crippen molar-refractivity contribution in [1.29, 1.82) is 0 Å². The minimum atomic E-state index is -0.339. The van der Waals surface area contributed by atoms with Crippen molar-refractivity contribution in [2.24, 2.45) is 0 Å². The smallest absolute Gasteiger partial charge is 0.319 e. The van der Waals surface area contributed by atoms with E-state index in [1.165, 1.54) is 4.90 Å². The molecule has 2 aliphatic rings. The topological polar surface area (TPSA) is 87.7 Å². The molecule has 7 nitrogen and oxygen atoms in total. The fourth-order valence-electron chi connectivity index (χ4n) is 3.28. The molecule has 0 spiro atoms. The molecule has 2 N–H and O–H groups in total. The van der Waals surface area contributed by atoms with Crippen LogP contribution in [0.3, 0.4) is 0 Å². The lowest BCUT2D eigenvalue weighted by Crippen LogP contribution is -2.55. The second-order valence-corrected chi connectivity index (χ2v) is 7.03. The zero-order valence-electron chi connectivity index (χ0n) is 14.0. The summed E-state index contributed by atoms with van der Waals surface area (Å²) in [6, 6.07) is 6.20. The Hall–Kier alpha value is -2.22. The Labute approximate surface area is 150 Å². The third-order valence-corrected chi connectivity index (χ3v) is 5.34. The maximum atomic E-state index is 12.3. The van der Waals surface area contributed by atoms with Crippen molar-refractivity contribution >= 4 is 34.6 Å². The first kappa shape index (κ1) is 17.6. The molecule has 1 saturated heterocycles. The molecule has 2 fully saturated rings. The Morgan fingerprint density at radius 1 is 1.20 bits per heavy atom. The number of carbonyl (C=O) groups is 3. The number of ether oxygens (including phenoxy) is 1. The molecule has 0 bridgehead atoms. The first-order valence-electron chi connectivity index (χ1n) is 8.29. The van der Waals surface area contributed by atoms with Crippen LogP contribution in [-0.2, 0) is 4.79 Å². The minimum absolute atomic E-state index is 0.163. The van der Waals surface area contributed by atoms with Crippen molar-refractivity contribution in [3.8, 4) is 5.75 Å². The highest BCUT2D eigenvalue weighted by molar-refractivity contribution is 8.14. The lowest BCUT2D eigenvalue weighted by atomic mass is 9.89. The summed E-state index contributed by atoms with van der Waals surface area (Å²) in [6.45, 7) is 0. The van der Waals surface area contributed by atoms with Crippen LogP contribution in [0.15, 0.2) is 24.3 Å². The third-order valence-electron chi connectivity index (χ3n) is 4.51. The first-order valence-corrected chi connectivity index (χ1v) is 9.27. The van der Waals surface area contributed by atoms with E-state index in [4.69, 9.17) is 4.74 Å². The van der Waals surface area contributed by atoms with Crippen LogP contribution in [0.4, 0.5) is 15.3 Å². The third kappa shape index (κ3) is 4.07. The number of benzene rings is 1. The molecule has 1 aromatic carbocycles. The van der Waals surface area contributed by atoms with Gasteiger partial charge in [0.15, 0.2) is 0 Å². The molecule has 4 amide bonds. The predicted molar refractivity (Wildman–Crippen MR) is 95.9 cm³/mol. The standard InChI is InChI=1S/C17H21N3O4S/c1-24-12-8-6-11(7-9-12)18-16(22)19-13-4-2-3-5-14(13)20-15(21)10-25-17(20)23/h6-9,13-14H,2-5,10H2,1H3,(H2,18,19,22). The van der Waals surface area contributed by atoms with E-state index < -0.39 is 0 Å². The lowest BCUT2D eigenvalue weighted by molar-refractivity contribution is -0.127. The SMILES string of the molecule is COc1ccc(NC(=O)NC2CCCCC2N2C(=O)CSC2=O)cc1. The maximum Gasteiger partial charge on any atom is 0.319 e. The first-order chi connectivity index (χ1) is 12.1. The number of methoxy groups -OCH3 is 1. The van der Waals surface area contributed by atoms with E-state index in [2.05, 4.69) is 10.6 Å². The number of carbonyl (C=O) groups excluding carboxylic acids is 3. The highest BCUT2D eigenvalue weighted by Gasteiger charge is 2.41. The van der Waals surface area contributed by atoms with Gasteiger partial charge in [0.1, 0.15) is 5.75 Å². The van der Waals surface area contributed by atoms with Crippen LogP contribution < -0.4 is 15.4 Å². The molecule has 25 heavy (non-hydrogen) atoms. The summed E-state index contributed by atoms with van der Waals surface area (Å²) in [5.74, 6) is 0.742. The molecule has 1 aliphatic heterocycles. The van der Waals surface area contributed by atoms with E-state index in [0.29, 0.717) is 11.4 Å². The van der Waals surface area contributed by atoms with Crippen LogP contribution >= 0.6 is 11.8 Å². The molecule has 8 heteroatoms. The van der Waals surface area contributed by atoms with Crippen molar-refractivity contribution in [2.75, 3.05) is 18.2 Å². The van der Waals surface area contributed by atoms with Gasteiger partial charge in [-0.05, 0) is 37.1 Å². The number of amides is 4. The highest BCUT2D eigenvalue weighted by Crippen LogP contribution is 2.30. The molecule has 0 aromatic heterocycles. The van der Waals surface area contributed by atoms with E-state index in [1.807, 2.05) is 0 Å². The van der Waals surface area contributed by atoms with Gasteiger partial charge in [-0.1, -0.05) is 24.6 Å². The Bertz CT molecular complexity index is 648. The van der Waals surface area contributed by atoms with Crippen LogP contribution in [0.2, 0.25) is 0 Å². The van der Waals surface area contributed by atoms with Gasteiger partial charge in [-0.3, -0.25) is 14.5 Å². The van der Waals surface area contributed by atoms with Gasteiger partial charge in [-0.15, -0.1) is 0 Å². The summed E-state index contributed by atoms with van der Waals surface area (Å²) in [5.41, 5.74) is 0.648. The zero-order chi connectivity index (χ0) is 17.8. The fourth-order valence-corrected chi connectivity index (χ4v) is 4.05. The number of nitrogens with one attached hydrogen (secondary N) is 2. The van der Waals surface area contributed by atoms with Crippen molar-refractivity contribution in [2.45, 2.75) is 37.8 Å². The molecule has 1 aromatic rings. The van der Waals surface area contributed by atoms with Crippen molar-refractivity contribution in [3.63, 3.8) is 0 Å². The number of urea groups is 1. The second-order valence-electron chi connectivity index (χ2n) is 6.10. The largest absolute Gasteiger partial charge is 0.497 e. The Morgan fingerprint density at radius 3 is 2.56 bits per heavy atom. The van der Waals surface area contributed by atoms with Gasteiger partial charge >= 0.3 is 6.03 Å². The summed E-state index contributed by atoms with van der Waals surface area (Å²) in [4.78, 5) is 37.7. The average molecular weight is 363 g/mol. The van der Waals surface area contributed by atoms with Crippen LogP contribution in [-0.4, -0.2) is 47.0 Å². The lowest BCUT2D eigenvalue weighted by Gasteiger charge is -2.36. The molecule has 3 rings (SSSR count). The summed E-state index contributed by atoms with van der Waals surface area (Å²) < 4.78 is 5.09. The Morgan fingerprint density at radius 2 is 1.92 bits per heavy atom. The number of nitrogens with zero attached hydrogens (tertiary/aromatic N) is 1. The van der Waals surface area contributed by atoms with Gasteiger partial charge < -0.3 is 15.4 Å². The summed E-state index contributed by atoms with van der Waals surface area (Å²) in [7, 11) is 1.58. The van der Waals surface area contributed by atoms with Gasteiger partial charge in [-0.25, -0.2) is 4.79 Å². The summed E-state index contributed by atoms with van der Waals surface area (Å²) >= 11 is 1.03.